The molecule has 0 bridgehead atoms. The second-order valence-corrected chi connectivity index (χ2v) is 9.10. The molecule has 0 spiro atoms. The number of hydrazine groups is 1. The zero-order valence-electron chi connectivity index (χ0n) is 16.8. The average Bonchev–Trinajstić information content (AvgIpc) is 2.62. The Labute approximate surface area is 177 Å². The van der Waals surface area contributed by atoms with Gasteiger partial charge >= 0.3 is 12.1 Å². The lowest BCUT2D eigenvalue weighted by atomic mass is 10.1. The van der Waals surface area contributed by atoms with E-state index in [9.17, 15) is 23.9 Å². The molecule has 1 saturated heterocycles. The highest BCUT2D eigenvalue weighted by atomic mass is 79.9. The predicted molar refractivity (Wildman–Crippen MR) is 107 cm³/mol. The molecule has 0 radical (unpaired) electrons. The molecular weight excluding hydrogens is 451 g/mol. The first-order valence-electron chi connectivity index (χ1n) is 9.51. The maximum absolute atomic E-state index is 13.6. The quantitative estimate of drug-likeness (QED) is 0.551. The van der Waals surface area contributed by atoms with E-state index < -0.39 is 35.7 Å². The average molecular weight is 479 g/mol. The molecule has 0 aromatic rings. The van der Waals surface area contributed by atoms with E-state index in [0.717, 1.165) is 0 Å². The Morgan fingerprint density at radius 2 is 2.07 bits per heavy atom. The van der Waals surface area contributed by atoms with E-state index in [0.29, 0.717) is 30.4 Å². The molecular formula is C18H28BrFN4O5. The Morgan fingerprint density at radius 1 is 1.38 bits per heavy atom. The zero-order valence-corrected chi connectivity index (χ0v) is 18.4. The second kappa shape index (κ2) is 9.86. The normalized spacial score (nSPS) is 22.2. The van der Waals surface area contributed by atoms with E-state index in [2.05, 4.69) is 26.7 Å². The van der Waals surface area contributed by atoms with E-state index in [-0.39, 0.29) is 25.3 Å². The number of carbonyl (C=O) groups excluding carboxylic acids is 2. The summed E-state index contributed by atoms with van der Waals surface area (Å²) < 4.78 is 19.3. The highest BCUT2D eigenvalue weighted by Gasteiger charge is 2.34. The largest absolute Gasteiger partial charge is 0.480 e. The number of carboxylic acids is 1. The van der Waals surface area contributed by atoms with Crippen molar-refractivity contribution in [2.75, 3.05) is 26.2 Å². The first-order valence-corrected chi connectivity index (χ1v) is 10.3. The second-order valence-electron chi connectivity index (χ2n) is 8.15. The lowest BCUT2D eigenvalue weighted by Crippen LogP contribution is -2.62. The van der Waals surface area contributed by atoms with Crippen LogP contribution in [0.4, 0.5) is 9.18 Å². The minimum atomic E-state index is -1.04. The van der Waals surface area contributed by atoms with Gasteiger partial charge in [-0.1, -0.05) is 15.9 Å². The Balaban J connectivity index is 2.11. The number of hydrogen-bond donors (Lipinski definition) is 3. The number of nitrogens with one attached hydrogen (secondary N) is 2. The predicted octanol–water partition coefficient (Wildman–Crippen LogP) is 1.74. The lowest BCUT2D eigenvalue weighted by Gasteiger charge is -2.36. The van der Waals surface area contributed by atoms with Gasteiger partial charge in [-0.2, -0.15) is 0 Å². The monoisotopic (exact) mass is 478 g/mol. The van der Waals surface area contributed by atoms with Crippen molar-refractivity contribution in [2.45, 2.75) is 57.7 Å². The molecule has 164 valence electrons. The summed E-state index contributed by atoms with van der Waals surface area (Å²) in [6, 6.07) is -1.85. The van der Waals surface area contributed by atoms with Crippen molar-refractivity contribution in [2.24, 2.45) is 0 Å². The Morgan fingerprint density at radius 3 is 2.66 bits per heavy atom. The summed E-state index contributed by atoms with van der Waals surface area (Å²) >= 11 is 3.19. The van der Waals surface area contributed by atoms with Crippen LogP contribution in [0.5, 0.6) is 0 Å². The molecule has 2 aliphatic heterocycles. The molecule has 2 heterocycles. The fraction of sp³-hybridized carbons (Fsp3) is 0.722. The maximum atomic E-state index is 13.6. The van der Waals surface area contributed by atoms with Gasteiger partial charge in [-0.25, -0.2) is 14.6 Å². The zero-order chi connectivity index (χ0) is 21.8. The van der Waals surface area contributed by atoms with Gasteiger partial charge in [0, 0.05) is 37.1 Å². The van der Waals surface area contributed by atoms with Crippen molar-refractivity contribution in [3.05, 3.63) is 10.3 Å². The van der Waals surface area contributed by atoms with E-state index in [1.807, 2.05) is 4.90 Å². The first-order chi connectivity index (χ1) is 13.5. The van der Waals surface area contributed by atoms with Crippen molar-refractivity contribution in [1.82, 2.24) is 20.7 Å². The van der Waals surface area contributed by atoms with Crippen molar-refractivity contribution in [3.63, 3.8) is 0 Å². The minimum absolute atomic E-state index is 0.135. The fourth-order valence-corrected chi connectivity index (χ4v) is 3.67. The van der Waals surface area contributed by atoms with Crippen LogP contribution < -0.4 is 10.7 Å². The topological polar surface area (TPSA) is 111 Å². The van der Waals surface area contributed by atoms with Crippen LogP contribution in [0.15, 0.2) is 10.3 Å². The van der Waals surface area contributed by atoms with Crippen LogP contribution in [0.1, 0.15) is 40.0 Å². The van der Waals surface area contributed by atoms with Gasteiger partial charge in [-0.05, 0) is 33.6 Å². The Kier molecular flexibility index (Phi) is 8.01. The molecule has 11 heteroatoms. The number of carboxylic acid groups (broad SMARTS) is 1. The molecule has 0 unspecified atom stereocenters. The van der Waals surface area contributed by atoms with E-state index >= 15 is 0 Å². The van der Waals surface area contributed by atoms with Crippen LogP contribution in [-0.2, 0) is 14.3 Å². The van der Waals surface area contributed by atoms with Gasteiger partial charge in [0.1, 0.15) is 23.5 Å². The Hall–Kier alpha value is -1.72. The van der Waals surface area contributed by atoms with Gasteiger partial charge in [0.25, 0.3) is 5.91 Å². The van der Waals surface area contributed by atoms with Gasteiger partial charge in [0.15, 0.2) is 0 Å². The Bertz CT molecular complexity index is 682. The smallest absolute Gasteiger partial charge is 0.408 e. The van der Waals surface area contributed by atoms with E-state index in [4.69, 9.17) is 4.74 Å². The summed E-state index contributed by atoms with van der Waals surface area (Å²) in [5.74, 6) is -1.74. The fourth-order valence-electron chi connectivity index (χ4n) is 3.11. The SMILES string of the molecule is CC(C)(C)OC(=O)N[C@@H](CN1CCC(F)=C(Br)C1)C(=O)N1CCC[C@@H](C(=O)O)N1. The molecule has 1 fully saturated rings. The van der Waals surface area contributed by atoms with Crippen LogP contribution in [0, 0.1) is 0 Å². The number of aliphatic carboxylic acids is 1. The third kappa shape index (κ3) is 7.23. The molecule has 0 aliphatic carbocycles. The number of alkyl carbamates (subject to hydrolysis) is 1. The summed E-state index contributed by atoms with van der Waals surface area (Å²) in [5, 5.41) is 13.0. The number of ether oxygens (including phenoxy) is 1. The number of halogens is 2. The third-order valence-electron chi connectivity index (χ3n) is 4.48. The molecule has 2 amide bonds. The first kappa shape index (κ1) is 23.6. The summed E-state index contributed by atoms with van der Waals surface area (Å²) in [5.41, 5.74) is 1.96. The lowest BCUT2D eigenvalue weighted by molar-refractivity contribution is -0.148. The summed E-state index contributed by atoms with van der Waals surface area (Å²) in [4.78, 5) is 38.4. The molecule has 29 heavy (non-hydrogen) atoms. The van der Waals surface area contributed by atoms with Crippen molar-refractivity contribution >= 4 is 33.9 Å². The molecule has 0 aromatic heterocycles. The molecule has 2 atom stereocenters. The molecule has 0 aromatic carbocycles. The molecule has 3 N–H and O–H groups in total. The maximum Gasteiger partial charge on any atom is 0.408 e. The van der Waals surface area contributed by atoms with E-state index in [1.165, 1.54) is 5.01 Å². The van der Waals surface area contributed by atoms with E-state index in [1.54, 1.807) is 20.8 Å². The highest BCUT2D eigenvalue weighted by molar-refractivity contribution is 9.11. The van der Waals surface area contributed by atoms with Gasteiger partial charge in [-0.15, -0.1) is 0 Å². The highest BCUT2D eigenvalue weighted by Crippen LogP contribution is 2.23. The number of hydrogen-bond acceptors (Lipinski definition) is 6. The van der Waals surface area contributed by atoms with Gasteiger partial charge in [-0.3, -0.25) is 19.5 Å². The molecule has 2 rings (SSSR count). The third-order valence-corrected chi connectivity index (χ3v) is 5.17. The standard InChI is InChI=1S/C18H28BrFN4O5/c1-18(2,3)29-17(28)21-14(10-23-8-6-12(20)11(19)9-23)15(25)24-7-4-5-13(22-24)16(26)27/h13-14,22H,4-10H2,1-3H3,(H,21,28)(H,26,27)/t13-,14-/m0/s1. The van der Waals surface area contributed by atoms with Crippen molar-refractivity contribution in [3.8, 4) is 0 Å². The van der Waals surface area contributed by atoms with Gasteiger partial charge in [0.2, 0.25) is 0 Å². The summed E-state index contributed by atoms with van der Waals surface area (Å²) in [7, 11) is 0. The van der Waals surface area contributed by atoms with Gasteiger partial charge < -0.3 is 15.2 Å². The van der Waals surface area contributed by atoms with Crippen LogP contribution >= 0.6 is 15.9 Å². The summed E-state index contributed by atoms with van der Waals surface area (Å²) in [6.07, 6.45) is 0.391. The number of amides is 2. The van der Waals surface area contributed by atoms with Crippen molar-refractivity contribution < 1.29 is 28.6 Å². The van der Waals surface area contributed by atoms with Crippen LogP contribution in [-0.4, -0.2) is 76.8 Å². The van der Waals surface area contributed by atoms with Crippen LogP contribution in [0.25, 0.3) is 0 Å². The molecule has 0 saturated carbocycles. The van der Waals surface area contributed by atoms with Gasteiger partial charge in [0.05, 0.1) is 0 Å². The minimum Gasteiger partial charge on any atom is -0.480 e. The molecule has 9 nitrogen and oxygen atoms in total. The number of carbonyl (C=O) groups is 3. The van der Waals surface area contributed by atoms with Crippen molar-refractivity contribution in [1.29, 1.82) is 0 Å². The summed E-state index contributed by atoms with van der Waals surface area (Å²) in [6.45, 7) is 6.26. The number of rotatable bonds is 5. The number of nitrogens with zero attached hydrogens (tertiary/aromatic N) is 2. The van der Waals surface area contributed by atoms with Crippen LogP contribution in [0.2, 0.25) is 0 Å². The van der Waals surface area contributed by atoms with Crippen LogP contribution in [0.3, 0.4) is 0 Å². The molecule has 2 aliphatic rings.